The molecule has 2 rings (SSSR count). The van der Waals surface area contributed by atoms with Crippen LogP contribution in [0.4, 0.5) is 0 Å². The van der Waals surface area contributed by atoms with Crippen LogP contribution < -0.4 is 0 Å². The van der Waals surface area contributed by atoms with Crippen molar-refractivity contribution >= 4 is 45.2 Å². The molecule has 0 aromatic heterocycles. The first kappa shape index (κ1) is 9.02. The van der Waals surface area contributed by atoms with Gasteiger partial charge in [-0.05, 0) is 40.8 Å². The molecule has 1 nitrogen and oxygen atoms in total. The van der Waals surface area contributed by atoms with Crippen LogP contribution in [0.1, 0.15) is 0 Å². The average molecular weight is 310 g/mol. The number of rotatable bonds is 0. The Labute approximate surface area is 91.9 Å². The Balaban J connectivity index is 2.53. The third-order valence-corrected chi connectivity index (χ3v) is 5.21. The number of fused-ring (bicyclic) bond motifs is 1. The molecule has 0 amide bonds. The molecule has 0 saturated carbocycles. The third-order valence-electron chi connectivity index (χ3n) is 1.68. The lowest BCUT2D eigenvalue weighted by Gasteiger charge is -2.14. The van der Waals surface area contributed by atoms with Gasteiger partial charge in [0.05, 0.1) is 15.7 Å². The van der Waals surface area contributed by atoms with Crippen molar-refractivity contribution in [2.45, 2.75) is 9.79 Å². The van der Waals surface area contributed by atoms with E-state index >= 15 is 0 Å². The Morgan fingerprint density at radius 1 is 1.50 bits per heavy atom. The topological polar surface area (TPSA) is 17.1 Å². The Bertz CT molecular complexity index is 338. The molecule has 1 aromatic rings. The van der Waals surface area contributed by atoms with Crippen LogP contribution >= 0.6 is 34.4 Å². The van der Waals surface area contributed by atoms with Crippen molar-refractivity contribution in [2.75, 3.05) is 11.5 Å². The molecule has 0 aliphatic carbocycles. The molecule has 0 N–H and O–H groups in total. The summed E-state index contributed by atoms with van der Waals surface area (Å²) < 4.78 is 12.7. The highest BCUT2D eigenvalue weighted by molar-refractivity contribution is 14.1. The van der Waals surface area contributed by atoms with Crippen molar-refractivity contribution in [3.05, 3.63) is 21.8 Å². The van der Waals surface area contributed by atoms with Crippen LogP contribution in [0.15, 0.2) is 28.0 Å². The van der Waals surface area contributed by atoms with Crippen molar-refractivity contribution in [3.63, 3.8) is 0 Å². The summed E-state index contributed by atoms with van der Waals surface area (Å²) in [6, 6.07) is 6.11. The van der Waals surface area contributed by atoms with Crippen molar-refractivity contribution in [3.8, 4) is 0 Å². The molecule has 4 heteroatoms. The summed E-state index contributed by atoms with van der Waals surface area (Å²) in [5.74, 6) is 1.79. The maximum Gasteiger partial charge on any atom is 0.0549 e. The minimum Gasteiger partial charge on any atom is -0.254 e. The highest BCUT2D eigenvalue weighted by Crippen LogP contribution is 2.31. The van der Waals surface area contributed by atoms with Gasteiger partial charge in [0.1, 0.15) is 0 Å². The molecular weight excluding hydrogens is 303 g/mol. The average Bonchev–Trinajstić information content (AvgIpc) is 2.04. The van der Waals surface area contributed by atoms with Gasteiger partial charge in [0.15, 0.2) is 0 Å². The van der Waals surface area contributed by atoms with Crippen molar-refractivity contribution in [1.82, 2.24) is 0 Å². The van der Waals surface area contributed by atoms with Crippen LogP contribution in [0.5, 0.6) is 0 Å². The van der Waals surface area contributed by atoms with Crippen LogP contribution in [-0.4, -0.2) is 15.7 Å². The Hall–Kier alpha value is 0.450. The summed E-state index contributed by atoms with van der Waals surface area (Å²) >= 11 is 4.09. The lowest BCUT2D eigenvalue weighted by atomic mass is 10.4. The molecule has 0 radical (unpaired) electrons. The van der Waals surface area contributed by atoms with Crippen LogP contribution in [0.25, 0.3) is 0 Å². The number of benzene rings is 1. The van der Waals surface area contributed by atoms with E-state index in [1.807, 2.05) is 23.9 Å². The second-order valence-electron chi connectivity index (χ2n) is 2.49. The first-order valence-electron chi connectivity index (χ1n) is 3.58. The SMILES string of the molecule is O=S1CCSc2cc(I)ccc21. The molecule has 1 aliphatic heterocycles. The molecule has 1 unspecified atom stereocenters. The fourth-order valence-corrected chi connectivity index (χ4v) is 4.58. The zero-order valence-electron chi connectivity index (χ0n) is 6.25. The van der Waals surface area contributed by atoms with Crippen molar-refractivity contribution in [1.29, 1.82) is 0 Å². The molecule has 1 heterocycles. The van der Waals surface area contributed by atoms with Crippen molar-refractivity contribution < 1.29 is 4.21 Å². The fraction of sp³-hybridized carbons (Fsp3) is 0.250. The summed E-state index contributed by atoms with van der Waals surface area (Å²) in [6.45, 7) is 0. The van der Waals surface area contributed by atoms with Crippen LogP contribution in [0.2, 0.25) is 0 Å². The molecule has 12 heavy (non-hydrogen) atoms. The highest BCUT2D eigenvalue weighted by atomic mass is 127. The van der Waals surface area contributed by atoms with Gasteiger partial charge in [0.25, 0.3) is 0 Å². The minimum absolute atomic E-state index is 0.748. The smallest absolute Gasteiger partial charge is 0.0549 e. The first-order chi connectivity index (χ1) is 5.77. The maximum atomic E-state index is 11.5. The molecule has 1 aliphatic rings. The fourth-order valence-electron chi connectivity index (χ4n) is 1.12. The highest BCUT2D eigenvalue weighted by Gasteiger charge is 2.15. The van der Waals surface area contributed by atoms with E-state index in [1.54, 1.807) is 0 Å². The lowest BCUT2D eigenvalue weighted by molar-refractivity contribution is 0.682. The lowest BCUT2D eigenvalue weighted by Crippen LogP contribution is -2.07. The molecule has 64 valence electrons. The van der Waals surface area contributed by atoms with Crippen molar-refractivity contribution in [2.24, 2.45) is 0 Å². The normalized spacial score (nSPS) is 21.9. The predicted molar refractivity (Wildman–Crippen MR) is 61.2 cm³/mol. The van der Waals surface area contributed by atoms with Gasteiger partial charge in [0, 0.05) is 20.0 Å². The van der Waals surface area contributed by atoms with Crippen LogP contribution in [-0.2, 0) is 10.8 Å². The van der Waals surface area contributed by atoms with E-state index in [2.05, 4.69) is 28.7 Å². The van der Waals surface area contributed by atoms with E-state index in [0.29, 0.717) is 0 Å². The monoisotopic (exact) mass is 310 g/mol. The summed E-state index contributed by atoms with van der Waals surface area (Å²) in [4.78, 5) is 2.22. The zero-order chi connectivity index (χ0) is 8.55. The van der Waals surface area contributed by atoms with Crippen LogP contribution in [0.3, 0.4) is 0 Å². The van der Waals surface area contributed by atoms with Gasteiger partial charge in [-0.25, -0.2) is 0 Å². The first-order valence-corrected chi connectivity index (χ1v) is 6.96. The third kappa shape index (κ3) is 1.70. The summed E-state index contributed by atoms with van der Waals surface area (Å²) in [6.07, 6.45) is 0. The molecule has 0 saturated heterocycles. The summed E-state index contributed by atoms with van der Waals surface area (Å²) in [5, 5.41) is 0. The number of halogens is 1. The molecular formula is C8H7IOS2. The van der Waals surface area contributed by atoms with Gasteiger partial charge in [-0.2, -0.15) is 0 Å². The van der Waals surface area contributed by atoms with E-state index in [0.717, 1.165) is 16.4 Å². The van der Waals surface area contributed by atoms with E-state index in [1.165, 1.54) is 8.47 Å². The predicted octanol–water partition coefficient (Wildman–Crippen LogP) is 2.50. The molecule has 0 spiro atoms. The van der Waals surface area contributed by atoms with Crippen LogP contribution in [0, 0.1) is 3.57 Å². The number of hydrogen-bond acceptors (Lipinski definition) is 2. The molecule has 0 fully saturated rings. The van der Waals surface area contributed by atoms with E-state index in [9.17, 15) is 4.21 Å². The van der Waals surface area contributed by atoms with E-state index < -0.39 is 10.8 Å². The quantitative estimate of drug-likeness (QED) is 0.685. The maximum absolute atomic E-state index is 11.5. The second-order valence-corrected chi connectivity index (χ2v) is 6.41. The van der Waals surface area contributed by atoms with Gasteiger partial charge in [-0.3, -0.25) is 4.21 Å². The Morgan fingerprint density at radius 2 is 2.33 bits per heavy atom. The van der Waals surface area contributed by atoms with Gasteiger partial charge in [0.2, 0.25) is 0 Å². The second kappa shape index (κ2) is 3.67. The largest absolute Gasteiger partial charge is 0.254 e. The van der Waals surface area contributed by atoms with E-state index in [-0.39, 0.29) is 0 Å². The Morgan fingerprint density at radius 3 is 3.17 bits per heavy atom. The molecule has 1 atom stereocenters. The zero-order valence-corrected chi connectivity index (χ0v) is 10.0. The van der Waals surface area contributed by atoms with Gasteiger partial charge >= 0.3 is 0 Å². The number of thioether (sulfide) groups is 1. The Kier molecular flexibility index (Phi) is 2.76. The molecule has 1 aromatic carbocycles. The standard InChI is InChI=1S/C8H7IOS2/c9-6-1-2-8-7(5-6)11-3-4-12(8)10/h1-2,5H,3-4H2. The van der Waals surface area contributed by atoms with Gasteiger partial charge in [-0.15, -0.1) is 11.8 Å². The molecule has 0 bridgehead atoms. The summed E-state index contributed by atoms with van der Waals surface area (Å²) in [5.41, 5.74) is 0. The summed E-state index contributed by atoms with van der Waals surface area (Å²) in [7, 11) is -0.748. The van der Waals surface area contributed by atoms with E-state index in [4.69, 9.17) is 0 Å². The number of hydrogen-bond donors (Lipinski definition) is 0. The van der Waals surface area contributed by atoms with Gasteiger partial charge < -0.3 is 0 Å². The van der Waals surface area contributed by atoms with Gasteiger partial charge in [-0.1, -0.05) is 0 Å². The minimum atomic E-state index is -0.748.